The molecule has 104 valence electrons. The zero-order chi connectivity index (χ0) is 13.5. The highest BCUT2D eigenvalue weighted by molar-refractivity contribution is 6.30. The van der Waals surface area contributed by atoms with Gasteiger partial charge in [0.25, 0.3) is 0 Å². The first-order valence-corrected chi connectivity index (χ1v) is 7.84. The molecule has 1 atom stereocenters. The molecule has 0 heterocycles. The Hall–Kier alpha value is -0.790. The van der Waals surface area contributed by atoms with Gasteiger partial charge in [0.15, 0.2) is 0 Å². The molecule has 19 heavy (non-hydrogen) atoms. The van der Waals surface area contributed by atoms with Crippen LogP contribution in [-0.2, 0) is 0 Å². The van der Waals surface area contributed by atoms with E-state index in [0.29, 0.717) is 6.04 Å². The van der Waals surface area contributed by atoms with Gasteiger partial charge in [0.05, 0.1) is 0 Å². The molecule has 1 N–H and O–H groups in total. The van der Waals surface area contributed by atoms with E-state index in [0.717, 1.165) is 18.0 Å². The smallest absolute Gasteiger partial charge is 0.0406 e. The predicted molar refractivity (Wildman–Crippen MR) is 83.7 cm³/mol. The third-order valence-corrected chi connectivity index (χ3v) is 4.15. The summed E-state index contributed by atoms with van der Waals surface area (Å²) in [5, 5.41) is 4.48. The van der Waals surface area contributed by atoms with E-state index in [1.807, 2.05) is 12.1 Å². The van der Waals surface area contributed by atoms with Crippen LogP contribution in [0.25, 0.3) is 0 Å². The Morgan fingerprint density at radius 3 is 2.63 bits per heavy atom. The van der Waals surface area contributed by atoms with Crippen molar-refractivity contribution in [3.63, 3.8) is 0 Å². The van der Waals surface area contributed by atoms with Crippen molar-refractivity contribution in [1.82, 2.24) is 5.32 Å². The maximum Gasteiger partial charge on any atom is 0.0406 e. The van der Waals surface area contributed by atoms with Crippen molar-refractivity contribution in [2.45, 2.75) is 51.5 Å². The zero-order valence-electron chi connectivity index (χ0n) is 11.8. The van der Waals surface area contributed by atoms with Crippen LogP contribution in [0.15, 0.2) is 35.9 Å². The molecule has 0 spiro atoms. The molecule has 0 fully saturated rings. The largest absolute Gasteiger partial charge is 0.310 e. The Balaban J connectivity index is 1.82. The van der Waals surface area contributed by atoms with E-state index in [1.165, 1.54) is 37.7 Å². The molecular formula is C17H24ClN. The highest BCUT2D eigenvalue weighted by Crippen LogP contribution is 2.22. The minimum absolute atomic E-state index is 0.446. The minimum atomic E-state index is 0.446. The van der Waals surface area contributed by atoms with Crippen molar-refractivity contribution in [3.05, 3.63) is 46.5 Å². The van der Waals surface area contributed by atoms with Gasteiger partial charge in [0.1, 0.15) is 0 Å². The van der Waals surface area contributed by atoms with E-state index < -0.39 is 0 Å². The van der Waals surface area contributed by atoms with Gasteiger partial charge >= 0.3 is 0 Å². The summed E-state index contributed by atoms with van der Waals surface area (Å²) in [6, 6.07) is 8.66. The van der Waals surface area contributed by atoms with Crippen molar-refractivity contribution in [1.29, 1.82) is 0 Å². The first-order valence-electron chi connectivity index (χ1n) is 7.46. The fourth-order valence-electron chi connectivity index (χ4n) is 2.73. The van der Waals surface area contributed by atoms with Crippen molar-refractivity contribution in [2.24, 2.45) is 0 Å². The van der Waals surface area contributed by atoms with Crippen LogP contribution in [-0.4, -0.2) is 6.54 Å². The topological polar surface area (TPSA) is 12.0 Å². The van der Waals surface area contributed by atoms with E-state index in [1.54, 1.807) is 5.57 Å². The molecule has 1 aromatic rings. The molecule has 0 aromatic heterocycles. The van der Waals surface area contributed by atoms with E-state index in [9.17, 15) is 0 Å². The third-order valence-electron chi connectivity index (χ3n) is 3.90. The van der Waals surface area contributed by atoms with Crippen LogP contribution < -0.4 is 5.32 Å². The molecule has 2 rings (SSSR count). The zero-order valence-corrected chi connectivity index (χ0v) is 12.5. The molecule has 1 aromatic carbocycles. The number of hydrogen-bond acceptors (Lipinski definition) is 1. The normalized spacial score (nSPS) is 17.1. The van der Waals surface area contributed by atoms with Crippen LogP contribution >= 0.6 is 11.6 Å². The average molecular weight is 278 g/mol. The lowest BCUT2D eigenvalue weighted by molar-refractivity contribution is 0.515. The second-order valence-electron chi connectivity index (χ2n) is 5.32. The molecule has 1 unspecified atom stereocenters. The van der Waals surface area contributed by atoms with Gasteiger partial charge in [-0.15, -0.1) is 0 Å². The van der Waals surface area contributed by atoms with Crippen LogP contribution in [0.2, 0.25) is 5.02 Å². The van der Waals surface area contributed by atoms with Gasteiger partial charge in [-0.3, -0.25) is 0 Å². The molecule has 0 bridgehead atoms. The Kier molecular flexibility index (Phi) is 5.93. The molecule has 0 saturated heterocycles. The Labute approximate surface area is 122 Å². The van der Waals surface area contributed by atoms with Crippen LogP contribution in [0.3, 0.4) is 0 Å². The van der Waals surface area contributed by atoms with Gasteiger partial charge in [0.2, 0.25) is 0 Å². The summed E-state index contributed by atoms with van der Waals surface area (Å²) in [6.07, 6.45) is 10.1. The minimum Gasteiger partial charge on any atom is -0.310 e. The van der Waals surface area contributed by atoms with Gasteiger partial charge in [-0.05, 0) is 62.8 Å². The van der Waals surface area contributed by atoms with E-state index in [4.69, 9.17) is 11.6 Å². The number of nitrogens with one attached hydrogen (secondary N) is 1. The van der Waals surface area contributed by atoms with Crippen LogP contribution in [0, 0.1) is 0 Å². The summed E-state index contributed by atoms with van der Waals surface area (Å²) in [6.45, 7) is 3.30. The van der Waals surface area contributed by atoms with Crippen molar-refractivity contribution in [2.75, 3.05) is 6.54 Å². The molecule has 1 nitrogen and oxygen atoms in total. The molecule has 0 amide bonds. The Morgan fingerprint density at radius 1 is 1.21 bits per heavy atom. The fourth-order valence-corrected chi connectivity index (χ4v) is 2.86. The molecular weight excluding hydrogens is 254 g/mol. The van der Waals surface area contributed by atoms with Crippen molar-refractivity contribution in [3.8, 4) is 0 Å². The Bertz CT molecular complexity index is 408. The summed E-state index contributed by atoms with van der Waals surface area (Å²) in [4.78, 5) is 0. The summed E-state index contributed by atoms with van der Waals surface area (Å²) in [5.74, 6) is 0. The number of hydrogen-bond donors (Lipinski definition) is 1. The number of halogens is 1. The maximum absolute atomic E-state index is 5.94. The summed E-state index contributed by atoms with van der Waals surface area (Å²) in [5.41, 5.74) is 2.98. The third kappa shape index (κ3) is 4.67. The van der Waals surface area contributed by atoms with E-state index in [-0.39, 0.29) is 0 Å². The summed E-state index contributed by atoms with van der Waals surface area (Å²) in [7, 11) is 0. The average Bonchev–Trinajstić information content (AvgIpc) is 2.46. The molecule has 0 radical (unpaired) electrons. The lowest BCUT2D eigenvalue weighted by Crippen LogP contribution is -2.22. The number of rotatable bonds is 6. The lowest BCUT2D eigenvalue weighted by Gasteiger charge is -2.19. The van der Waals surface area contributed by atoms with Gasteiger partial charge in [0, 0.05) is 11.1 Å². The van der Waals surface area contributed by atoms with Crippen molar-refractivity contribution >= 4 is 11.6 Å². The SMILES string of the molecule is CCC(NCCC1=CCCCC1)c1ccc(Cl)cc1. The Morgan fingerprint density at radius 2 is 2.00 bits per heavy atom. The number of benzene rings is 1. The van der Waals surface area contributed by atoms with Crippen molar-refractivity contribution < 1.29 is 0 Å². The standard InChI is InChI=1S/C17H24ClN/c1-2-17(15-8-10-16(18)11-9-15)19-13-12-14-6-4-3-5-7-14/h6,8-11,17,19H,2-5,7,12-13H2,1H3. The molecule has 0 aliphatic heterocycles. The highest BCUT2D eigenvalue weighted by atomic mass is 35.5. The van der Waals surface area contributed by atoms with Gasteiger partial charge in [-0.2, -0.15) is 0 Å². The first kappa shape index (κ1) is 14.6. The molecule has 1 aliphatic carbocycles. The van der Waals surface area contributed by atoms with Crippen LogP contribution in [0.5, 0.6) is 0 Å². The van der Waals surface area contributed by atoms with Crippen LogP contribution in [0.4, 0.5) is 0 Å². The van der Waals surface area contributed by atoms with E-state index >= 15 is 0 Å². The molecule has 0 saturated carbocycles. The highest BCUT2D eigenvalue weighted by Gasteiger charge is 2.09. The van der Waals surface area contributed by atoms with E-state index in [2.05, 4.69) is 30.4 Å². The van der Waals surface area contributed by atoms with Crippen LogP contribution in [0.1, 0.15) is 57.1 Å². The predicted octanol–water partition coefficient (Wildman–Crippen LogP) is 5.27. The van der Waals surface area contributed by atoms with Gasteiger partial charge in [-0.1, -0.05) is 42.3 Å². The molecule has 1 aliphatic rings. The summed E-state index contributed by atoms with van der Waals surface area (Å²) < 4.78 is 0. The lowest BCUT2D eigenvalue weighted by atomic mass is 9.97. The van der Waals surface area contributed by atoms with Gasteiger partial charge in [-0.25, -0.2) is 0 Å². The second-order valence-corrected chi connectivity index (χ2v) is 5.76. The monoisotopic (exact) mass is 277 g/mol. The fraction of sp³-hybridized carbons (Fsp3) is 0.529. The first-order chi connectivity index (χ1) is 9.29. The summed E-state index contributed by atoms with van der Waals surface area (Å²) >= 11 is 5.94. The number of allylic oxidation sites excluding steroid dienone is 1. The quantitative estimate of drug-likeness (QED) is 0.698. The second kappa shape index (κ2) is 7.72. The van der Waals surface area contributed by atoms with Gasteiger partial charge < -0.3 is 5.32 Å². The maximum atomic E-state index is 5.94. The molecule has 2 heteroatoms.